The summed E-state index contributed by atoms with van der Waals surface area (Å²) in [6, 6.07) is 38.0. The van der Waals surface area contributed by atoms with Crippen LogP contribution in [0.1, 0.15) is 74.4 Å². The molecule has 4 aromatic rings. The zero-order valence-corrected chi connectivity index (χ0v) is 25.5. The molecule has 3 N–H and O–H groups in total. The van der Waals surface area contributed by atoms with Gasteiger partial charge in [0.2, 0.25) is 11.8 Å². The highest BCUT2D eigenvalue weighted by Gasteiger charge is 2.58. The topological polar surface area (TPSA) is 95.5 Å². The van der Waals surface area contributed by atoms with E-state index in [1.54, 1.807) is 20.8 Å². The van der Waals surface area contributed by atoms with Crippen molar-refractivity contribution in [2.45, 2.75) is 52.1 Å². The fourth-order valence-electron chi connectivity index (χ4n) is 7.15. The first-order chi connectivity index (χ1) is 21.0. The molecule has 0 radical (unpaired) electrons. The molecule has 226 valence electrons. The lowest BCUT2D eigenvalue weighted by Crippen LogP contribution is -2.56. The summed E-state index contributed by atoms with van der Waals surface area (Å²) in [5, 5.41) is 16.9. The summed E-state index contributed by atoms with van der Waals surface area (Å²) in [6.07, 6.45) is 0.426. The van der Waals surface area contributed by atoms with Gasteiger partial charge < -0.3 is 15.7 Å². The molecular formula is C38H40N2O4. The summed E-state index contributed by atoms with van der Waals surface area (Å²) in [7, 11) is 0. The molecular weight excluding hydrogens is 548 g/mol. The van der Waals surface area contributed by atoms with E-state index in [1.807, 2.05) is 121 Å². The van der Waals surface area contributed by atoms with Crippen molar-refractivity contribution >= 4 is 17.8 Å². The van der Waals surface area contributed by atoms with Gasteiger partial charge in [0.15, 0.2) is 0 Å². The Morgan fingerprint density at radius 2 is 0.750 bits per heavy atom. The number of carboxylic acid groups (broad SMARTS) is 1. The molecule has 2 amide bonds. The van der Waals surface area contributed by atoms with Crippen molar-refractivity contribution in [2.24, 2.45) is 16.2 Å². The monoisotopic (exact) mass is 588 g/mol. The van der Waals surface area contributed by atoms with Crippen LogP contribution in [0.5, 0.6) is 0 Å². The van der Waals surface area contributed by atoms with Gasteiger partial charge in [-0.1, -0.05) is 135 Å². The number of aliphatic carboxylic acids is 1. The average molecular weight is 589 g/mol. The predicted octanol–water partition coefficient (Wildman–Crippen LogP) is 7.09. The van der Waals surface area contributed by atoms with E-state index < -0.39 is 34.3 Å². The molecule has 0 aliphatic heterocycles. The van der Waals surface area contributed by atoms with E-state index in [9.17, 15) is 19.5 Å². The Morgan fingerprint density at radius 1 is 0.500 bits per heavy atom. The zero-order chi connectivity index (χ0) is 31.4. The van der Waals surface area contributed by atoms with Gasteiger partial charge in [-0.2, -0.15) is 0 Å². The van der Waals surface area contributed by atoms with Gasteiger partial charge in [-0.15, -0.1) is 0 Å². The minimum Gasteiger partial charge on any atom is -0.481 e. The highest BCUT2D eigenvalue weighted by molar-refractivity contribution is 5.90. The van der Waals surface area contributed by atoms with Gasteiger partial charge in [0, 0.05) is 10.8 Å². The van der Waals surface area contributed by atoms with Crippen molar-refractivity contribution in [1.29, 1.82) is 0 Å². The van der Waals surface area contributed by atoms with Gasteiger partial charge in [-0.05, 0) is 48.4 Å². The first-order valence-corrected chi connectivity index (χ1v) is 15.1. The van der Waals surface area contributed by atoms with Crippen LogP contribution in [0.15, 0.2) is 121 Å². The Bertz CT molecular complexity index is 1400. The van der Waals surface area contributed by atoms with E-state index in [-0.39, 0.29) is 31.1 Å². The van der Waals surface area contributed by atoms with Crippen LogP contribution in [0.25, 0.3) is 0 Å². The van der Waals surface area contributed by atoms with Crippen LogP contribution in [0.3, 0.4) is 0 Å². The molecule has 6 nitrogen and oxygen atoms in total. The number of carboxylic acids is 1. The van der Waals surface area contributed by atoms with Gasteiger partial charge in [0.05, 0.1) is 17.5 Å². The molecule has 0 aromatic heterocycles. The number of nitrogens with one attached hydrogen (secondary N) is 2. The van der Waals surface area contributed by atoms with Gasteiger partial charge >= 0.3 is 5.97 Å². The predicted molar refractivity (Wildman–Crippen MR) is 172 cm³/mol. The standard InChI is InChI=1S/C38H40N2O4/c1-36(33(41)39-31(27-16-8-4-9-17-27)28-18-10-5-11-19-28)24-37(2,26-38(3,25-36)35(43)44)34(42)40-32(29-20-12-6-13-21-29)30-22-14-7-15-23-30/h4-23,31-32H,24-26H2,1-3H3,(H,39,41)(H,40,42)(H,43,44)/t36-,37+,38?. The molecule has 1 unspecified atom stereocenters. The number of benzene rings is 4. The lowest BCUT2D eigenvalue weighted by atomic mass is 9.53. The van der Waals surface area contributed by atoms with Gasteiger partial charge in [-0.25, -0.2) is 0 Å². The van der Waals surface area contributed by atoms with Gasteiger partial charge in [-0.3, -0.25) is 14.4 Å². The molecule has 3 atom stereocenters. The molecule has 0 heterocycles. The second-order valence-corrected chi connectivity index (χ2v) is 13.0. The van der Waals surface area contributed by atoms with Gasteiger partial charge in [0.1, 0.15) is 0 Å². The van der Waals surface area contributed by atoms with Crippen molar-refractivity contribution < 1.29 is 19.5 Å². The lowest BCUT2D eigenvalue weighted by molar-refractivity contribution is -0.163. The molecule has 1 fully saturated rings. The van der Waals surface area contributed by atoms with Crippen LogP contribution in [0.4, 0.5) is 0 Å². The maximum absolute atomic E-state index is 14.3. The van der Waals surface area contributed by atoms with E-state index in [0.717, 1.165) is 22.3 Å². The summed E-state index contributed by atoms with van der Waals surface area (Å²) in [6.45, 7) is 5.25. The second-order valence-electron chi connectivity index (χ2n) is 13.0. The van der Waals surface area contributed by atoms with Crippen LogP contribution in [0, 0.1) is 16.2 Å². The molecule has 1 aliphatic carbocycles. The highest BCUT2D eigenvalue weighted by atomic mass is 16.4. The minimum atomic E-state index is -1.29. The minimum absolute atomic E-state index is 0.112. The normalized spacial score (nSPS) is 23.2. The number of carbonyl (C=O) groups excluding carboxylic acids is 2. The SMILES string of the molecule is CC1(C(=O)O)C[C@](C)(C(=O)NC(c2ccccc2)c2ccccc2)C[C@](C)(C(=O)NC(c2ccccc2)c2ccccc2)C1. The van der Waals surface area contributed by atoms with Gasteiger partial charge in [0.25, 0.3) is 0 Å². The fraction of sp³-hybridized carbons (Fsp3) is 0.289. The number of amides is 2. The third-order valence-electron chi connectivity index (χ3n) is 9.04. The van der Waals surface area contributed by atoms with Crippen LogP contribution in [-0.2, 0) is 14.4 Å². The molecule has 5 rings (SSSR count). The number of hydrogen-bond donors (Lipinski definition) is 3. The van der Waals surface area contributed by atoms with Crippen molar-refractivity contribution in [3.8, 4) is 0 Å². The highest BCUT2D eigenvalue weighted by Crippen LogP contribution is 2.55. The largest absolute Gasteiger partial charge is 0.481 e. The van der Waals surface area contributed by atoms with E-state index in [1.165, 1.54) is 0 Å². The Hall–Kier alpha value is -4.71. The summed E-state index contributed by atoms with van der Waals surface area (Å²) in [4.78, 5) is 41.4. The Morgan fingerprint density at radius 3 is 1.00 bits per heavy atom. The van der Waals surface area contributed by atoms with Crippen LogP contribution in [-0.4, -0.2) is 22.9 Å². The maximum Gasteiger partial charge on any atom is 0.309 e. The lowest BCUT2D eigenvalue weighted by Gasteiger charge is -2.50. The average Bonchev–Trinajstić information content (AvgIpc) is 3.03. The smallest absolute Gasteiger partial charge is 0.309 e. The fourth-order valence-corrected chi connectivity index (χ4v) is 7.15. The molecule has 0 saturated heterocycles. The van der Waals surface area contributed by atoms with E-state index >= 15 is 0 Å². The number of carbonyl (C=O) groups is 3. The summed E-state index contributed by atoms with van der Waals surface area (Å²) in [5.41, 5.74) is 0.120. The molecule has 1 saturated carbocycles. The maximum atomic E-state index is 14.3. The summed E-state index contributed by atoms with van der Waals surface area (Å²) in [5.74, 6) is -1.56. The Balaban J connectivity index is 1.48. The second kappa shape index (κ2) is 12.5. The van der Waals surface area contributed by atoms with Crippen molar-refractivity contribution in [3.05, 3.63) is 144 Å². The van der Waals surface area contributed by atoms with Crippen LogP contribution < -0.4 is 10.6 Å². The summed E-state index contributed by atoms with van der Waals surface area (Å²) >= 11 is 0. The van der Waals surface area contributed by atoms with E-state index in [4.69, 9.17) is 0 Å². The van der Waals surface area contributed by atoms with Crippen LogP contribution in [0.2, 0.25) is 0 Å². The molecule has 0 bridgehead atoms. The first-order valence-electron chi connectivity index (χ1n) is 15.1. The Labute approximate surface area is 259 Å². The third-order valence-corrected chi connectivity index (χ3v) is 9.04. The van der Waals surface area contributed by atoms with E-state index in [2.05, 4.69) is 10.6 Å². The quantitative estimate of drug-likeness (QED) is 0.195. The molecule has 44 heavy (non-hydrogen) atoms. The third kappa shape index (κ3) is 6.45. The number of rotatable bonds is 9. The van der Waals surface area contributed by atoms with Crippen molar-refractivity contribution in [1.82, 2.24) is 10.6 Å². The molecule has 4 aromatic carbocycles. The van der Waals surface area contributed by atoms with Crippen molar-refractivity contribution in [3.63, 3.8) is 0 Å². The van der Waals surface area contributed by atoms with Crippen molar-refractivity contribution in [2.75, 3.05) is 0 Å². The molecule has 0 spiro atoms. The zero-order valence-electron chi connectivity index (χ0n) is 25.5. The first kappa shape index (κ1) is 30.7. The molecule has 1 aliphatic rings. The summed E-state index contributed by atoms with van der Waals surface area (Å²) < 4.78 is 0. The Kier molecular flexibility index (Phi) is 8.73. The molecule has 6 heteroatoms. The van der Waals surface area contributed by atoms with Crippen LogP contribution >= 0.6 is 0 Å². The van der Waals surface area contributed by atoms with E-state index in [0.29, 0.717) is 0 Å². The number of hydrogen-bond acceptors (Lipinski definition) is 3.